The molecule has 0 saturated heterocycles. The van der Waals surface area contributed by atoms with Gasteiger partial charge in [0.2, 0.25) is 10.0 Å². The lowest BCUT2D eigenvalue weighted by atomic mass is 10.1. The van der Waals surface area contributed by atoms with E-state index in [0.717, 1.165) is 16.7 Å². The zero-order chi connectivity index (χ0) is 19.4. The van der Waals surface area contributed by atoms with Crippen molar-refractivity contribution in [3.8, 4) is 0 Å². The van der Waals surface area contributed by atoms with Crippen LogP contribution in [-0.4, -0.2) is 17.7 Å². The minimum atomic E-state index is -3.93. The molecular weight excluding hydrogens is 403 g/mol. The van der Waals surface area contributed by atoms with Gasteiger partial charge >= 0.3 is 0 Å². The van der Waals surface area contributed by atoms with Gasteiger partial charge in [-0.2, -0.15) is 4.31 Å². The van der Waals surface area contributed by atoms with Crippen molar-refractivity contribution < 1.29 is 8.42 Å². The largest absolute Gasteiger partial charge is 0.264 e. The van der Waals surface area contributed by atoms with E-state index in [1.807, 2.05) is 37.3 Å². The van der Waals surface area contributed by atoms with Crippen LogP contribution in [0.5, 0.6) is 0 Å². The molecule has 0 aliphatic rings. The summed E-state index contributed by atoms with van der Waals surface area (Å²) >= 11 is 12.4. The van der Waals surface area contributed by atoms with Crippen molar-refractivity contribution in [2.24, 2.45) is 0 Å². The molecule has 0 atom stereocenters. The van der Waals surface area contributed by atoms with E-state index in [0.29, 0.717) is 0 Å². The van der Waals surface area contributed by atoms with Gasteiger partial charge in [-0.15, -0.1) is 0 Å². The maximum atomic E-state index is 13.4. The molecule has 0 unspecified atom stereocenters. The first-order valence-electron chi connectivity index (χ1n) is 8.27. The minimum Gasteiger partial charge on any atom is -0.264 e. The fraction of sp³-hybridized carbons (Fsp3) is 0.150. The van der Waals surface area contributed by atoms with E-state index in [-0.39, 0.29) is 28.0 Å². The minimum absolute atomic E-state index is 0.0780. The maximum absolute atomic E-state index is 13.4. The van der Waals surface area contributed by atoms with E-state index >= 15 is 0 Å². The number of rotatable bonds is 6. The lowest BCUT2D eigenvalue weighted by Gasteiger charge is -2.24. The molecule has 4 nitrogen and oxygen atoms in total. The summed E-state index contributed by atoms with van der Waals surface area (Å²) in [5, 5.41) is 0.201. The molecule has 0 N–H and O–H groups in total. The third kappa shape index (κ3) is 4.50. The molecule has 0 amide bonds. The molecule has 0 saturated carbocycles. The van der Waals surface area contributed by atoms with Gasteiger partial charge in [-0.3, -0.25) is 4.98 Å². The Labute approximate surface area is 169 Å². The highest BCUT2D eigenvalue weighted by Gasteiger charge is 2.29. The molecule has 1 aromatic heterocycles. The zero-order valence-corrected chi connectivity index (χ0v) is 17.0. The average Bonchev–Trinajstić information content (AvgIpc) is 2.63. The normalized spacial score (nSPS) is 11.7. The van der Waals surface area contributed by atoms with Gasteiger partial charge in [0, 0.05) is 25.5 Å². The van der Waals surface area contributed by atoms with Crippen LogP contribution in [0.3, 0.4) is 0 Å². The van der Waals surface area contributed by atoms with Crippen molar-refractivity contribution in [1.82, 2.24) is 9.29 Å². The van der Waals surface area contributed by atoms with Crippen molar-refractivity contribution in [3.05, 3.63) is 93.7 Å². The van der Waals surface area contributed by atoms with Crippen LogP contribution in [0, 0.1) is 6.92 Å². The first-order valence-corrected chi connectivity index (χ1v) is 10.5. The summed E-state index contributed by atoms with van der Waals surface area (Å²) in [4.78, 5) is 4.00. The number of pyridine rings is 1. The SMILES string of the molecule is Cc1ccccc1CN(Cc1cccnc1)S(=O)(=O)c1c(Cl)cccc1Cl. The van der Waals surface area contributed by atoms with Crippen LogP contribution in [0.1, 0.15) is 16.7 Å². The highest BCUT2D eigenvalue weighted by atomic mass is 35.5. The van der Waals surface area contributed by atoms with E-state index in [1.54, 1.807) is 24.5 Å². The fourth-order valence-electron chi connectivity index (χ4n) is 2.76. The van der Waals surface area contributed by atoms with Gasteiger partial charge in [0.1, 0.15) is 4.90 Å². The van der Waals surface area contributed by atoms with Crippen molar-refractivity contribution >= 4 is 33.2 Å². The molecule has 0 aliphatic carbocycles. The van der Waals surface area contributed by atoms with Gasteiger partial charge in [-0.25, -0.2) is 8.42 Å². The quantitative estimate of drug-likeness (QED) is 0.557. The molecule has 2 aromatic carbocycles. The molecule has 3 rings (SSSR count). The second kappa shape index (κ2) is 8.40. The molecule has 0 fully saturated rings. The third-order valence-electron chi connectivity index (χ3n) is 4.21. The summed E-state index contributed by atoms with van der Waals surface area (Å²) in [5.74, 6) is 0. The number of hydrogen-bond donors (Lipinski definition) is 0. The zero-order valence-electron chi connectivity index (χ0n) is 14.6. The van der Waals surface area contributed by atoms with E-state index < -0.39 is 10.0 Å². The van der Waals surface area contributed by atoms with Gasteiger partial charge in [0.05, 0.1) is 10.0 Å². The van der Waals surface area contributed by atoms with Crippen LogP contribution >= 0.6 is 23.2 Å². The number of hydrogen-bond acceptors (Lipinski definition) is 3. The Kier molecular flexibility index (Phi) is 6.17. The number of aryl methyl sites for hydroxylation is 1. The highest BCUT2D eigenvalue weighted by molar-refractivity contribution is 7.89. The monoisotopic (exact) mass is 420 g/mol. The Hall–Kier alpha value is -1.92. The molecule has 0 spiro atoms. The molecule has 0 radical (unpaired) electrons. The maximum Gasteiger partial charge on any atom is 0.246 e. The number of nitrogens with zero attached hydrogens (tertiary/aromatic N) is 2. The summed E-state index contributed by atoms with van der Waals surface area (Å²) in [7, 11) is -3.93. The molecule has 7 heteroatoms. The van der Waals surface area contributed by atoms with Gasteiger partial charge in [0.15, 0.2) is 0 Å². The molecule has 27 heavy (non-hydrogen) atoms. The highest BCUT2D eigenvalue weighted by Crippen LogP contribution is 2.33. The number of halogens is 2. The standard InChI is InChI=1S/C20H18Cl2N2O2S/c1-15-6-2-3-8-17(15)14-24(13-16-7-5-11-23-12-16)27(25,26)20-18(21)9-4-10-19(20)22/h2-12H,13-14H2,1H3. The molecule has 140 valence electrons. The summed E-state index contributed by atoms with van der Waals surface area (Å²) < 4.78 is 28.2. The van der Waals surface area contributed by atoms with E-state index in [2.05, 4.69) is 4.98 Å². The Morgan fingerprint density at radius 3 is 2.26 bits per heavy atom. The number of benzene rings is 2. The molecule has 3 aromatic rings. The van der Waals surface area contributed by atoms with Gasteiger partial charge in [-0.05, 0) is 41.8 Å². The smallest absolute Gasteiger partial charge is 0.246 e. The van der Waals surface area contributed by atoms with E-state index in [9.17, 15) is 8.42 Å². The summed E-state index contributed by atoms with van der Waals surface area (Å²) in [5.41, 5.74) is 2.69. The van der Waals surface area contributed by atoms with Crippen molar-refractivity contribution in [1.29, 1.82) is 0 Å². The topological polar surface area (TPSA) is 50.3 Å². The predicted molar refractivity (Wildman–Crippen MR) is 108 cm³/mol. The van der Waals surface area contributed by atoms with Gasteiger partial charge in [-0.1, -0.05) is 59.6 Å². The first-order chi connectivity index (χ1) is 12.9. The second-order valence-electron chi connectivity index (χ2n) is 6.11. The van der Waals surface area contributed by atoms with Crippen LogP contribution in [0.4, 0.5) is 0 Å². The molecule has 0 bridgehead atoms. The number of aromatic nitrogens is 1. The van der Waals surface area contributed by atoms with Crippen LogP contribution in [-0.2, 0) is 23.1 Å². The summed E-state index contributed by atoms with van der Waals surface area (Å²) in [6.07, 6.45) is 3.29. The second-order valence-corrected chi connectivity index (χ2v) is 8.80. The summed E-state index contributed by atoms with van der Waals surface area (Å²) in [6.45, 7) is 2.31. The predicted octanol–water partition coefficient (Wildman–Crippen LogP) is 5.09. The molecule has 1 heterocycles. The van der Waals surface area contributed by atoms with E-state index in [4.69, 9.17) is 23.2 Å². The number of sulfonamides is 1. The fourth-order valence-corrected chi connectivity index (χ4v) is 5.25. The lowest BCUT2D eigenvalue weighted by molar-refractivity contribution is 0.400. The molecular formula is C20H18Cl2N2O2S. The van der Waals surface area contributed by atoms with Crippen molar-refractivity contribution in [2.45, 2.75) is 24.9 Å². The van der Waals surface area contributed by atoms with Gasteiger partial charge in [0.25, 0.3) is 0 Å². The third-order valence-corrected chi connectivity index (χ3v) is 6.95. The Morgan fingerprint density at radius 2 is 1.63 bits per heavy atom. The van der Waals surface area contributed by atoms with E-state index in [1.165, 1.54) is 16.4 Å². The van der Waals surface area contributed by atoms with Crippen molar-refractivity contribution in [2.75, 3.05) is 0 Å². The van der Waals surface area contributed by atoms with Crippen LogP contribution in [0.2, 0.25) is 10.0 Å². The summed E-state index contributed by atoms with van der Waals surface area (Å²) in [6, 6.07) is 16.0. The van der Waals surface area contributed by atoms with Gasteiger partial charge < -0.3 is 0 Å². The molecule has 0 aliphatic heterocycles. The first kappa shape index (κ1) is 19.8. The lowest BCUT2D eigenvalue weighted by Crippen LogP contribution is -2.31. The Morgan fingerprint density at radius 1 is 0.926 bits per heavy atom. The Bertz CT molecular complexity index is 1020. The Balaban J connectivity index is 2.07. The van der Waals surface area contributed by atoms with Crippen molar-refractivity contribution in [3.63, 3.8) is 0 Å². The average molecular weight is 421 g/mol. The van der Waals surface area contributed by atoms with Crippen LogP contribution in [0.25, 0.3) is 0 Å². The van der Waals surface area contributed by atoms with Crippen LogP contribution in [0.15, 0.2) is 71.9 Å². The van der Waals surface area contributed by atoms with Crippen LogP contribution < -0.4 is 0 Å².